The van der Waals surface area contributed by atoms with E-state index in [0.717, 1.165) is 10.9 Å². The highest BCUT2D eigenvalue weighted by atomic mass is 32.2. The van der Waals surface area contributed by atoms with Crippen LogP contribution in [0.2, 0.25) is 0 Å². The van der Waals surface area contributed by atoms with Gasteiger partial charge in [-0.05, 0) is 30.1 Å². The second kappa shape index (κ2) is 14.7. The van der Waals surface area contributed by atoms with Crippen molar-refractivity contribution in [1.82, 2.24) is 20.9 Å². The van der Waals surface area contributed by atoms with Crippen LogP contribution in [0.1, 0.15) is 24.8 Å². The Morgan fingerprint density at radius 1 is 0.923 bits per heavy atom. The van der Waals surface area contributed by atoms with Gasteiger partial charge in [0.1, 0.15) is 18.1 Å². The minimum absolute atomic E-state index is 0.0316. The number of carboxylic acid groups (broad SMARTS) is 2. The van der Waals surface area contributed by atoms with Crippen molar-refractivity contribution in [3.05, 3.63) is 36.0 Å². The molecule has 1 heterocycles. The molecule has 212 valence electrons. The summed E-state index contributed by atoms with van der Waals surface area (Å²) in [5, 5.41) is 26.5. The van der Waals surface area contributed by atoms with E-state index >= 15 is 0 Å². The minimum atomic E-state index is -1.54. The maximum absolute atomic E-state index is 13.1. The highest BCUT2D eigenvalue weighted by Crippen LogP contribution is 2.19. The lowest BCUT2D eigenvalue weighted by atomic mass is 10.0. The molecule has 4 unspecified atom stereocenters. The standard InChI is InChI=1S/C24H32N6O8S/c1-39-7-6-16(28-23(36)17(10-19(26)31)29-21(34)14(25)9-20(32)33)22(35)30-18(24(37)38)8-12-11-27-15-5-3-2-4-13(12)15/h2-5,11,14,16-18,27H,6-10,25H2,1H3,(H2,26,31)(H,28,36)(H,29,34)(H,30,35)(H,32,33)(H,37,38). The molecule has 0 radical (unpaired) electrons. The molecule has 2 aromatic rings. The third-order valence-electron chi connectivity index (χ3n) is 5.73. The molecule has 39 heavy (non-hydrogen) atoms. The topological polar surface area (TPSA) is 247 Å². The molecule has 0 aliphatic carbocycles. The van der Waals surface area contributed by atoms with Crippen molar-refractivity contribution >= 4 is 58.2 Å². The van der Waals surface area contributed by atoms with Crippen LogP contribution in [0.25, 0.3) is 10.9 Å². The average molecular weight is 565 g/mol. The summed E-state index contributed by atoms with van der Waals surface area (Å²) in [6, 6.07) is 1.71. The van der Waals surface area contributed by atoms with Gasteiger partial charge in [-0.1, -0.05) is 18.2 Å². The number of hydrogen-bond acceptors (Lipinski definition) is 8. The summed E-state index contributed by atoms with van der Waals surface area (Å²) in [6.07, 6.45) is 2.14. The summed E-state index contributed by atoms with van der Waals surface area (Å²) in [7, 11) is 0. The van der Waals surface area contributed by atoms with E-state index in [0.29, 0.717) is 11.3 Å². The number of para-hydroxylation sites is 1. The Morgan fingerprint density at radius 2 is 1.54 bits per heavy atom. The number of aromatic nitrogens is 1. The summed E-state index contributed by atoms with van der Waals surface area (Å²) in [6.45, 7) is 0. The molecule has 0 bridgehead atoms. The van der Waals surface area contributed by atoms with Gasteiger partial charge in [0.2, 0.25) is 23.6 Å². The number of aliphatic carboxylic acids is 2. The molecule has 1 aromatic heterocycles. The zero-order valence-corrected chi connectivity index (χ0v) is 22.0. The fourth-order valence-corrected chi connectivity index (χ4v) is 4.21. The molecule has 1 aromatic carbocycles. The van der Waals surface area contributed by atoms with Crippen molar-refractivity contribution in [2.75, 3.05) is 12.0 Å². The number of carbonyl (C=O) groups is 6. The van der Waals surface area contributed by atoms with Crippen LogP contribution in [0.15, 0.2) is 30.5 Å². The number of amides is 4. The fraction of sp³-hybridized carbons (Fsp3) is 0.417. The average Bonchev–Trinajstić information content (AvgIpc) is 3.27. The molecule has 0 fully saturated rings. The molecule has 15 heteroatoms. The molecule has 4 atom stereocenters. The number of fused-ring (bicyclic) bond motifs is 1. The highest BCUT2D eigenvalue weighted by molar-refractivity contribution is 7.98. The summed E-state index contributed by atoms with van der Waals surface area (Å²) in [5.74, 6) is -5.90. The Labute approximate surface area is 227 Å². The number of H-pyrrole nitrogens is 1. The van der Waals surface area contributed by atoms with Crippen LogP contribution in [-0.4, -0.2) is 86.9 Å². The number of carbonyl (C=O) groups excluding carboxylic acids is 4. The molecule has 0 saturated heterocycles. The monoisotopic (exact) mass is 564 g/mol. The van der Waals surface area contributed by atoms with Gasteiger partial charge in [-0.2, -0.15) is 11.8 Å². The number of thioether (sulfide) groups is 1. The molecule has 0 saturated carbocycles. The van der Waals surface area contributed by atoms with Gasteiger partial charge in [0.05, 0.1) is 18.9 Å². The predicted molar refractivity (Wildman–Crippen MR) is 142 cm³/mol. The van der Waals surface area contributed by atoms with Gasteiger partial charge in [0, 0.05) is 23.5 Å². The van der Waals surface area contributed by atoms with Crippen LogP contribution < -0.4 is 27.4 Å². The number of nitrogens with two attached hydrogens (primary N) is 2. The summed E-state index contributed by atoms with van der Waals surface area (Å²) < 4.78 is 0. The van der Waals surface area contributed by atoms with Crippen LogP contribution in [0.4, 0.5) is 0 Å². The fourth-order valence-electron chi connectivity index (χ4n) is 3.74. The summed E-state index contributed by atoms with van der Waals surface area (Å²) >= 11 is 1.38. The van der Waals surface area contributed by atoms with Gasteiger partial charge in [0.25, 0.3) is 0 Å². The van der Waals surface area contributed by atoms with E-state index in [-0.39, 0.29) is 12.8 Å². The Bertz CT molecular complexity index is 1220. The van der Waals surface area contributed by atoms with E-state index in [4.69, 9.17) is 16.6 Å². The molecular weight excluding hydrogens is 532 g/mol. The van der Waals surface area contributed by atoms with Crippen molar-refractivity contribution in [3.8, 4) is 0 Å². The van der Waals surface area contributed by atoms with E-state index in [1.54, 1.807) is 18.5 Å². The van der Waals surface area contributed by atoms with Gasteiger partial charge < -0.3 is 42.6 Å². The van der Waals surface area contributed by atoms with Gasteiger partial charge in [-0.3, -0.25) is 24.0 Å². The van der Waals surface area contributed by atoms with E-state index in [2.05, 4.69) is 20.9 Å². The van der Waals surface area contributed by atoms with E-state index in [9.17, 15) is 33.9 Å². The Kier molecular flexibility index (Phi) is 11.7. The number of carboxylic acids is 2. The van der Waals surface area contributed by atoms with Gasteiger partial charge >= 0.3 is 11.9 Å². The lowest BCUT2D eigenvalue weighted by molar-refractivity contribution is -0.142. The van der Waals surface area contributed by atoms with Crippen molar-refractivity contribution in [2.45, 2.75) is 49.9 Å². The van der Waals surface area contributed by atoms with E-state index in [1.807, 2.05) is 18.2 Å². The second-order valence-corrected chi connectivity index (χ2v) is 9.73. The predicted octanol–water partition coefficient (Wildman–Crippen LogP) is -1.32. The largest absolute Gasteiger partial charge is 0.481 e. The number of benzene rings is 1. The van der Waals surface area contributed by atoms with Gasteiger partial charge in [-0.25, -0.2) is 4.79 Å². The van der Waals surface area contributed by atoms with Crippen LogP contribution >= 0.6 is 11.8 Å². The zero-order valence-electron chi connectivity index (χ0n) is 21.1. The molecule has 10 N–H and O–H groups in total. The van der Waals surface area contributed by atoms with Crippen molar-refractivity contribution in [1.29, 1.82) is 0 Å². The summed E-state index contributed by atoms with van der Waals surface area (Å²) in [5.41, 5.74) is 12.2. The molecule has 4 amide bonds. The highest BCUT2D eigenvalue weighted by Gasteiger charge is 2.31. The minimum Gasteiger partial charge on any atom is -0.481 e. The lowest BCUT2D eigenvalue weighted by Crippen LogP contribution is -2.58. The van der Waals surface area contributed by atoms with Gasteiger partial charge in [0.15, 0.2) is 0 Å². The number of primary amides is 1. The number of rotatable bonds is 16. The molecule has 0 aliphatic heterocycles. The number of hydrogen-bond donors (Lipinski definition) is 8. The van der Waals surface area contributed by atoms with Gasteiger partial charge in [-0.15, -0.1) is 0 Å². The van der Waals surface area contributed by atoms with Crippen molar-refractivity contribution in [2.24, 2.45) is 11.5 Å². The van der Waals surface area contributed by atoms with Crippen LogP contribution in [0, 0.1) is 0 Å². The third-order valence-corrected chi connectivity index (χ3v) is 6.37. The number of nitrogens with one attached hydrogen (secondary N) is 4. The Balaban J connectivity index is 2.17. The normalized spacial score (nSPS) is 14.0. The molecule has 0 spiro atoms. The first kappa shape index (κ1) is 31.1. The van der Waals surface area contributed by atoms with Crippen LogP contribution in [0.3, 0.4) is 0 Å². The summed E-state index contributed by atoms with van der Waals surface area (Å²) in [4.78, 5) is 75.7. The van der Waals surface area contributed by atoms with E-state index < -0.39 is 72.6 Å². The maximum Gasteiger partial charge on any atom is 0.326 e. The molecule has 0 aliphatic rings. The zero-order chi connectivity index (χ0) is 29.1. The van der Waals surface area contributed by atoms with Crippen LogP contribution in [-0.2, 0) is 35.2 Å². The third kappa shape index (κ3) is 9.61. The van der Waals surface area contributed by atoms with E-state index in [1.165, 1.54) is 11.8 Å². The maximum atomic E-state index is 13.1. The second-order valence-electron chi connectivity index (χ2n) is 8.74. The molecule has 2 rings (SSSR count). The molecular formula is C24H32N6O8S. The first-order valence-electron chi connectivity index (χ1n) is 11.9. The Morgan fingerprint density at radius 3 is 2.15 bits per heavy atom. The number of aromatic amines is 1. The first-order valence-corrected chi connectivity index (χ1v) is 13.3. The van der Waals surface area contributed by atoms with Crippen molar-refractivity contribution in [3.63, 3.8) is 0 Å². The van der Waals surface area contributed by atoms with Crippen molar-refractivity contribution < 1.29 is 39.0 Å². The smallest absolute Gasteiger partial charge is 0.326 e. The lowest BCUT2D eigenvalue weighted by Gasteiger charge is -2.24. The molecule has 14 nitrogen and oxygen atoms in total. The first-order chi connectivity index (χ1) is 18.4. The SMILES string of the molecule is CSCCC(NC(=O)C(CC(N)=O)NC(=O)C(N)CC(=O)O)C(=O)NC(Cc1c[nH]c2ccccc12)C(=O)O. The quantitative estimate of drug-likeness (QED) is 0.119. The Hall–Kier alpha value is -4.11. The van der Waals surface area contributed by atoms with Crippen LogP contribution in [0.5, 0.6) is 0 Å².